The van der Waals surface area contributed by atoms with Gasteiger partial charge < -0.3 is 11.1 Å². The molecule has 17 heavy (non-hydrogen) atoms. The van der Waals surface area contributed by atoms with Gasteiger partial charge in [0.2, 0.25) is 0 Å². The molecule has 0 bridgehead atoms. The summed E-state index contributed by atoms with van der Waals surface area (Å²) in [7, 11) is 0. The van der Waals surface area contributed by atoms with Gasteiger partial charge in [0.25, 0.3) is 0 Å². The molecule has 4 heteroatoms. The van der Waals surface area contributed by atoms with Gasteiger partial charge in [-0.2, -0.15) is 0 Å². The Morgan fingerprint density at radius 2 is 2.12 bits per heavy atom. The third kappa shape index (κ3) is 2.76. The fraction of sp³-hybridized carbons (Fsp3) is 0.538. The van der Waals surface area contributed by atoms with E-state index in [2.05, 4.69) is 11.4 Å². The average Bonchev–Trinajstić information content (AvgIpc) is 2.34. The van der Waals surface area contributed by atoms with Crippen LogP contribution >= 0.6 is 23.2 Å². The second-order valence-corrected chi connectivity index (χ2v) is 5.54. The number of piperidine rings is 1. The van der Waals surface area contributed by atoms with E-state index in [0.717, 1.165) is 25.9 Å². The summed E-state index contributed by atoms with van der Waals surface area (Å²) in [4.78, 5) is 0. The van der Waals surface area contributed by atoms with E-state index in [1.54, 1.807) is 0 Å². The van der Waals surface area contributed by atoms with Crippen LogP contribution in [0.1, 0.15) is 24.8 Å². The summed E-state index contributed by atoms with van der Waals surface area (Å²) in [5.74, 6) is 0. The molecule has 0 saturated carbocycles. The number of hydrogen-bond donors (Lipinski definition) is 2. The summed E-state index contributed by atoms with van der Waals surface area (Å²) in [5.41, 5.74) is 7.14. The Bertz CT molecular complexity index is 381. The molecule has 0 aliphatic carbocycles. The van der Waals surface area contributed by atoms with Crippen molar-refractivity contribution in [2.24, 2.45) is 5.73 Å². The first kappa shape index (κ1) is 13.2. The molecule has 1 heterocycles. The van der Waals surface area contributed by atoms with Gasteiger partial charge in [-0.15, -0.1) is 0 Å². The fourth-order valence-corrected chi connectivity index (χ4v) is 2.97. The van der Waals surface area contributed by atoms with Gasteiger partial charge >= 0.3 is 0 Å². The van der Waals surface area contributed by atoms with Gasteiger partial charge in [-0.3, -0.25) is 0 Å². The topological polar surface area (TPSA) is 38.0 Å². The van der Waals surface area contributed by atoms with Crippen LogP contribution in [0.25, 0.3) is 0 Å². The second kappa shape index (κ2) is 5.57. The predicted octanol–water partition coefficient (Wildman–Crippen LogP) is 2.96. The Labute approximate surface area is 112 Å². The van der Waals surface area contributed by atoms with Crippen LogP contribution in [0.3, 0.4) is 0 Å². The minimum Gasteiger partial charge on any atom is -0.330 e. The van der Waals surface area contributed by atoms with Crippen LogP contribution in [0, 0.1) is 0 Å². The molecular formula is C13H18Cl2N2. The quantitative estimate of drug-likeness (QED) is 0.888. The Hall–Kier alpha value is -0.280. The monoisotopic (exact) mass is 272 g/mol. The van der Waals surface area contributed by atoms with Crippen molar-refractivity contribution in [1.82, 2.24) is 5.32 Å². The maximum Gasteiger partial charge on any atom is 0.0595 e. The molecule has 1 aliphatic rings. The van der Waals surface area contributed by atoms with Crippen molar-refractivity contribution in [2.75, 3.05) is 19.6 Å². The van der Waals surface area contributed by atoms with Gasteiger partial charge in [-0.1, -0.05) is 29.3 Å². The lowest BCUT2D eigenvalue weighted by Gasteiger charge is -2.38. The van der Waals surface area contributed by atoms with E-state index in [-0.39, 0.29) is 5.41 Å². The van der Waals surface area contributed by atoms with E-state index >= 15 is 0 Å². The molecule has 0 amide bonds. The van der Waals surface area contributed by atoms with E-state index in [1.807, 2.05) is 12.1 Å². The van der Waals surface area contributed by atoms with E-state index in [1.165, 1.54) is 12.0 Å². The second-order valence-electron chi connectivity index (χ2n) is 4.73. The van der Waals surface area contributed by atoms with E-state index in [4.69, 9.17) is 28.9 Å². The zero-order valence-electron chi connectivity index (χ0n) is 9.81. The van der Waals surface area contributed by atoms with Crippen LogP contribution in [0.5, 0.6) is 0 Å². The molecule has 0 radical (unpaired) electrons. The minimum atomic E-state index is 0.126. The summed E-state index contributed by atoms with van der Waals surface area (Å²) in [6, 6.07) is 5.95. The molecule has 94 valence electrons. The summed E-state index contributed by atoms with van der Waals surface area (Å²) in [6.07, 6.45) is 3.33. The van der Waals surface area contributed by atoms with Crippen LogP contribution in [-0.4, -0.2) is 19.6 Å². The predicted molar refractivity (Wildman–Crippen MR) is 73.9 cm³/mol. The maximum atomic E-state index is 6.11. The lowest BCUT2D eigenvalue weighted by Crippen LogP contribution is -2.44. The summed E-state index contributed by atoms with van der Waals surface area (Å²) in [5, 5.41) is 4.71. The Kier molecular flexibility index (Phi) is 4.31. The largest absolute Gasteiger partial charge is 0.330 e. The van der Waals surface area contributed by atoms with Gasteiger partial charge in [0.1, 0.15) is 0 Å². The molecule has 2 rings (SSSR count). The summed E-state index contributed by atoms with van der Waals surface area (Å²) < 4.78 is 0. The van der Waals surface area contributed by atoms with Gasteiger partial charge in [0, 0.05) is 12.0 Å². The van der Waals surface area contributed by atoms with Crippen molar-refractivity contribution < 1.29 is 0 Å². The lowest BCUT2D eigenvalue weighted by molar-refractivity contribution is 0.296. The Morgan fingerprint density at radius 3 is 2.71 bits per heavy atom. The van der Waals surface area contributed by atoms with Crippen molar-refractivity contribution in [3.63, 3.8) is 0 Å². The normalized spacial score (nSPS) is 24.9. The maximum absolute atomic E-state index is 6.11. The molecule has 1 atom stereocenters. The molecule has 1 saturated heterocycles. The highest BCUT2D eigenvalue weighted by Crippen LogP contribution is 2.37. The SMILES string of the molecule is NCC[C@]1(c2ccc(Cl)c(Cl)c2)CCCNC1. The van der Waals surface area contributed by atoms with Crippen LogP contribution in [0.4, 0.5) is 0 Å². The highest BCUT2D eigenvalue weighted by Gasteiger charge is 2.33. The van der Waals surface area contributed by atoms with Gasteiger partial charge in [-0.05, 0) is 50.0 Å². The molecule has 1 aromatic carbocycles. The van der Waals surface area contributed by atoms with Gasteiger partial charge in [-0.25, -0.2) is 0 Å². The molecule has 2 nitrogen and oxygen atoms in total. The van der Waals surface area contributed by atoms with Crippen molar-refractivity contribution in [2.45, 2.75) is 24.7 Å². The third-order valence-electron chi connectivity index (χ3n) is 3.63. The number of nitrogens with one attached hydrogen (secondary N) is 1. The fourth-order valence-electron chi connectivity index (χ4n) is 2.67. The van der Waals surface area contributed by atoms with Crippen molar-refractivity contribution in [3.8, 4) is 0 Å². The molecular weight excluding hydrogens is 255 g/mol. The number of nitrogens with two attached hydrogens (primary N) is 1. The standard InChI is InChI=1S/C13H18Cl2N2/c14-11-3-2-10(8-12(11)15)13(5-6-16)4-1-7-17-9-13/h2-3,8,17H,1,4-7,9,16H2/t13-/m1/s1. The van der Waals surface area contributed by atoms with Gasteiger partial charge in [0.05, 0.1) is 10.0 Å². The van der Waals surface area contributed by atoms with E-state index in [0.29, 0.717) is 16.6 Å². The summed E-state index contributed by atoms with van der Waals surface area (Å²) in [6.45, 7) is 2.76. The number of hydrogen-bond acceptors (Lipinski definition) is 2. The molecule has 1 aliphatic heterocycles. The van der Waals surface area contributed by atoms with Crippen LogP contribution in [-0.2, 0) is 5.41 Å². The van der Waals surface area contributed by atoms with E-state index in [9.17, 15) is 0 Å². The number of halogens is 2. The third-order valence-corrected chi connectivity index (χ3v) is 4.37. The molecule has 3 N–H and O–H groups in total. The zero-order valence-corrected chi connectivity index (χ0v) is 11.3. The molecule has 0 spiro atoms. The Morgan fingerprint density at radius 1 is 1.29 bits per heavy atom. The first-order chi connectivity index (χ1) is 8.18. The first-order valence-electron chi connectivity index (χ1n) is 6.04. The van der Waals surface area contributed by atoms with E-state index < -0.39 is 0 Å². The van der Waals surface area contributed by atoms with Crippen molar-refractivity contribution in [3.05, 3.63) is 33.8 Å². The van der Waals surface area contributed by atoms with Gasteiger partial charge in [0.15, 0.2) is 0 Å². The summed E-state index contributed by atoms with van der Waals surface area (Å²) >= 11 is 12.1. The first-order valence-corrected chi connectivity index (χ1v) is 6.80. The number of benzene rings is 1. The Balaban J connectivity index is 2.34. The van der Waals surface area contributed by atoms with Crippen LogP contribution < -0.4 is 11.1 Å². The zero-order chi connectivity index (χ0) is 12.3. The highest BCUT2D eigenvalue weighted by atomic mass is 35.5. The number of rotatable bonds is 3. The van der Waals surface area contributed by atoms with Crippen molar-refractivity contribution in [1.29, 1.82) is 0 Å². The smallest absolute Gasteiger partial charge is 0.0595 e. The molecule has 1 fully saturated rings. The minimum absolute atomic E-state index is 0.126. The highest BCUT2D eigenvalue weighted by molar-refractivity contribution is 6.42. The average molecular weight is 273 g/mol. The molecule has 0 unspecified atom stereocenters. The molecule has 1 aromatic rings. The van der Waals surface area contributed by atoms with Crippen LogP contribution in [0.15, 0.2) is 18.2 Å². The van der Waals surface area contributed by atoms with Crippen molar-refractivity contribution >= 4 is 23.2 Å². The lowest BCUT2D eigenvalue weighted by atomic mass is 9.72. The molecule has 0 aromatic heterocycles. The van der Waals surface area contributed by atoms with Crippen LogP contribution in [0.2, 0.25) is 10.0 Å².